The van der Waals surface area contributed by atoms with Crippen LogP contribution in [-0.4, -0.2) is 29.9 Å². The molecule has 0 spiro atoms. The highest BCUT2D eigenvalue weighted by Crippen LogP contribution is 2.22. The molecule has 0 aromatic carbocycles. The summed E-state index contributed by atoms with van der Waals surface area (Å²) >= 11 is 7.38. The Labute approximate surface area is 129 Å². The fourth-order valence-electron chi connectivity index (χ4n) is 1.63. The van der Waals surface area contributed by atoms with E-state index in [0.29, 0.717) is 6.54 Å². The van der Waals surface area contributed by atoms with Gasteiger partial charge >= 0.3 is 0 Å². The number of likely N-dealkylation sites (N-methyl/N-ethyl adjacent to an activating group) is 1. The molecule has 0 aliphatic heterocycles. The van der Waals surface area contributed by atoms with Gasteiger partial charge in [0, 0.05) is 11.4 Å². The Kier molecular flexibility index (Phi) is 6.00. The van der Waals surface area contributed by atoms with Gasteiger partial charge in [0.2, 0.25) is 5.91 Å². The summed E-state index contributed by atoms with van der Waals surface area (Å²) in [6.45, 7) is 6.49. The van der Waals surface area contributed by atoms with Crippen molar-refractivity contribution in [2.45, 2.75) is 32.9 Å². The lowest BCUT2D eigenvalue weighted by atomic mass is 9.90. The van der Waals surface area contributed by atoms with Gasteiger partial charge in [-0.25, -0.2) is 0 Å². The van der Waals surface area contributed by atoms with Crippen LogP contribution in [0.1, 0.15) is 25.6 Å². The number of halogens is 1. The first-order valence-corrected chi connectivity index (χ1v) is 7.61. The van der Waals surface area contributed by atoms with E-state index in [1.54, 1.807) is 6.92 Å². The van der Waals surface area contributed by atoms with Crippen molar-refractivity contribution in [3.8, 4) is 6.07 Å². The lowest BCUT2D eigenvalue weighted by Crippen LogP contribution is -2.51. The lowest BCUT2D eigenvalue weighted by molar-refractivity contribution is -0.123. The second-order valence-electron chi connectivity index (χ2n) is 5.40. The molecule has 0 saturated carbocycles. The van der Waals surface area contributed by atoms with Crippen molar-refractivity contribution in [3.05, 3.63) is 21.3 Å². The smallest absolute Gasteiger partial charge is 0.235 e. The highest BCUT2D eigenvalue weighted by molar-refractivity contribution is 7.16. The molecule has 0 radical (unpaired) electrons. The largest absolute Gasteiger partial charge is 0.337 e. The molecule has 1 atom stereocenters. The minimum absolute atomic E-state index is 0.0536. The minimum Gasteiger partial charge on any atom is -0.337 e. The molecule has 4 nitrogen and oxygen atoms in total. The Balaban J connectivity index is 2.52. The van der Waals surface area contributed by atoms with Crippen LogP contribution in [0.2, 0.25) is 4.34 Å². The van der Waals surface area contributed by atoms with Crippen molar-refractivity contribution >= 4 is 28.8 Å². The molecular weight excluding hydrogens is 294 g/mol. The summed E-state index contributed by atoms with van der Waals surface area (Å²) in [6.07, 6.45) is 0. The summed E-state index contributed by atoms with van der Waals surface area (Å²) in [5, 5.41) is 12.0. The zero-order valence-electron chi connectivity index (χ0n) is 12.2. The summed E-state index contributed by atoms with van der Waals surface area (Å²) in [7, 11) is 1.87. The molecule has 0 aliphatic carbocycles. The number of thiophene rings is 1. The van der Waals surface area contributed by atoms with Gasteiger partial charge in [0.15, 0.2) is 0 Å². The number of nitrogens with one attached hydrogen (secondary N) is 1. The number of rotatable bonds is 6. The van der Waals surface area contributed by atoms with Crippen LogP contribution in [0.15, 0.2) is 12.1 Å². The third-order valence-corrected chi connectivity index (χ3v) is 4.47. The van der Waals surface area contributed by atoms with E-state index < -0.39 is 5.54 Å². The average molecular weight is 314 g/mol. The van der Waals surface area contributed by atoms with Crippen molar-refractivity contribution in [2.75, 3.05) is 13.6 Å². The van der Waals surface area contributed by atoms with Gasteiger partial charge in [-0.15, -0.1) is 11.3 Å². The van der Waals surface area contributed by atoms with E-state index in [0.717, 1.165) is 9.21 Å². The van der Waals surface area contributed by atoms with Gasteiger partial charge in [-0.3, -0.25) is 9.69 Å². The highest BCUT2D eigenvalue weighted by atomic mass is 35.5. The fraction of sp³-hybridized carbons (Fsp3) is 0.571. The molecule has 0 fully saturated rings. The first-order valence-electron chi connectivity index (χ1n) is 6.42. The Morgan fingerprint density at radius 3 is 2.70 bits per heavy atom. The Morgan fingerprint density at radius 1 is 1.60 bits per heavy atom. The molecule has 1 aromatic rings. The van der Waals surface area contributed by atoms with Crippen molar-refractivity contribution < 1.29 is 4.79 Å². The summed E-state index contributed by atoms with van der Waals surface area (Å²) < 4.78 is 0.745. The van der Waals surface area contributed by atoms with E-state index in [1.807, 2.05) is 37.9 Å². The summed E-state index contributed by atoms with van der Waals surface area (Å²) in [4.78, 5) is 15.0. The van der Waals surface area contributed by atoms with E-state index in [4.69, 9.17) is 11.6 Å². The maximum Gasteiger partial charge on any atom is 0.235 e. The summed E-state index contributed by atoms with van der Waals surface area (Å²) in [5.74, 6) is -0.0919. The number of carbonyl (C=O) groups excluding carboxylic acids is 1. The predicted molar refractivity (Wildman–Crippen MR) is 82.7 cm³/mol. The molecule has 0 aliphatic rings. The Morgan fingerprint density at radius 2 is 2.25 bits per heavy atom. The molecule has 6 heteroatoms. The molecule has 1 N–H and O–H groups in total. The van der Waals surface area contributed by atoms with Crippen LogP contribution < -0.4 is 5.32 Å². The highest BCUT2D eigenvalue weighted by Gasteiger charge is 2.30. The Bertz CT molecular complexity index is 509. The standard InChI is InChI=1S/C14H20ClN3OS/c1-10(2)14(3,9-16)17-13(19)8-18(4)7-11-5-6-12(15)20-11/h5-6,10H,7-8H2,1-4H3,(H,17,19)/t14-/m0/s1. The van der Waals surface area contributed by atoms with Gasteiger partial charge in [0.1, 0.15) is 5.54 Å². The van der Waals surface area contributed by atoms with E-state index >= 15 is 0 Å². The Hall–Kier alpha value is -1.09. The quantitative estimate of drug-likeness (QED) is 0.878. The topological polar surface area (TPSA) is 56.1 Å². The molecule has 20 heavy (non-hydrogen) atoms. The van der Waals surface area contributed by atoms with Gasteiger partial charge in [-0.2, -0.15) is 5.26 Å². The van der Waals surface area contributed by atoms with Crippen molar-refractivity contribution in [3.63, 3.8) is 0 Å². The van der Waals surface area contributed by atoms with Gasteiger partial charge < -0.3 is 5.32 Å². The molecule has 1 heterocycles. The molecule has 0 saturated heterocycles. The van der Waals surface area contributed by atoms with E-state index in [2.05, 4.69) is 11.4 Å². The zero-order valence-corrected chi connectivity index (χ0v) is 13.8. The molecule has 0 bridgehead atoms. The number of hydrogen-bond donors (Lipinski definition) is 1. The SMILES string of the molecule is CC(C)[C@](C)(C#N)NC(=O)CN(C)Cc1ccc(Cl)s1. The van der Waals surface area contributed by atoms with Gasteiger partial charge in [-0.1, -0.05) is 25.4 Å². The maximum atomic E-state index is 12.0. The second-order valence-corrected chi connectivity index (χ2v) is 7.19. The predicted octanol–water partition coefficient (Wildman–Crippen LogP) is 2.89. The number of amides is 1. The second kappa shape index (κ2) is 7.07. The van der Waals surface area contributed by atoms with Crippen LogP contribution in [0.5, 0.6) is 0 Å². The number of nitrogens with zero attached hydrogens (tertiary/aromatic N) is 2. The van der Waals surface area contributed by atoms with Crippen molar-refractivity contribution in [1.29, 1.82) is 5.26 Å². The fourth-order valence-corrected chi connectivity index (χ4v) is 2.80. The van der Waals surface area contributed by atoms with Crippen LogP contribution in [0.25, 0.3) is 0 Å². The first-order chi connectivity index (χ1) is 9.26. The van der Waals surface area contributed by atoms with E-state index in [-0.39, 0.29) is 18.4 Å². The monoisotopic (exact) mass is 313 g/mol. The summed E-state index contributed by atoms with van der Waals surface area (Å²) in [6, 6.07) is 5.97. The van der Waals surface area contributed by atoms with Crippen LogP contribution >= 0.6 is 22.9 Å². The van der Waals surface area contributed by atoms with Crippen LogP contribution in [0.3, 0.4) is 0 Å². The molecule has 1 amide bonds. The van der Waals surface area contributed by atoms with Gasteiger partial charge in [0.05, 0.1) is 17.0 Å². The molecule has 110 valence electrons. The normalized spacial score (nSPS) is 14.1. The molecule has 0 unspecified atom stereocenters. The molecular formula is C14H20ClN3OS. The van der Waals surface area contributed by atoms with Crippen LogP contribution in [0, 0.1) is 17.2 Å². The van der Waals surface area contributed by atoms with E-state index in [1.165, 1.54) is 11.3 Å². The number of carbonyl (C=O) groups is 1. The van der Waals surface area contributed by atoms with Gasteiger partial charge in [0.25, 0.3) is 0 Å². The first kappa shape index (κ1) is 17.0. The molecule has 1 aromatic heterocycles. The number of nitriles is 1. The minimum atomic E-state index is -0.829. The van der Waals surface area contributed by atoms with E-state index in [9.17, 15) is 10.1 Å². The molecule has 1 rings (SSSR count). The van der Waals surface area contributed by atoms with Crippen LogP contribution in [-0.2, 0) is 11.3 Å². The third kappa shape index (κ3) is 4.78. The third-order valence-electron chi connectivity index (χ3n) is 3.25. The van der Waals surface area contributed by atoms with Crippen LogP contribution in [0.4, 0.5) is 0 Å². The number of hydrogen-bond acceptors (Lipinski definition) is 4. The zero-order chi connectivity index (χ0) is 15.3. The summed E-state index contributed by atoms with van der Waals surface area (Å²) in [5.41, 5.74) is -0.829. The van der Waals surface area contributed by atoms with Crippen molar-refractivity contribution in [2.24, 2.45) is 5.92 Å². The lowest BCUT2D eigenvalue weighted by Gasteiger charge is -2.28. The van der Waals surface area contributed by atoms with Gasteiger partial charge in [-0.05, 0) is 32.0 Å². The maximum absolute atomic E-state index is 12.0. The van der Waals surface area contributed by atoms with Crippen molar-refractivity contribution in [1.82, 2.24) is 10.2 Å². The average Bonchev–Trinajstić information content (AvgIpc) is 2.73.